The van der Waals surface area contributed by atoms with E-state index in [0.29, 0.717) is 5.41 Å². The van der Waals surface area contributed by atoms with Crippen LogP contribution >= 0.6 is 11.3 Å². The van der Waals surface area contributed by atoms with E-state index in [4.69, 9.17) is 5.73 Å². The molecule has 1 aromatic heterocycles. The Morgan fingerprint density at radius 3 is 3.00 bits per heavy atom. The molecule has 84 valence electrons. The fourth-order valence-corrected chi connectivity index (χ4v) is 2.93. The molecule has 15 heavy (non-hydrogen) atoms. The van der Waals surface area contributed by atoms with Gasteiger partial charge in [0.25, 0.3) is 0 Å². The lowest BCUT2D eigenvalue weighted by atomic mass is 9.90. The highest BCUT2D eigenvalue weighted by Crippen LogP contribution is 2.30. The van der Waals surface area contributed by atoms with Crippen LogP contribution in [-0.2, 0) is 6.54 Å². The summed E-state index contributed by atoms with van der Waals surface area (Å²) >= 11 is 1.76. The fraction of sp³-hybridized carbons (Fsp3) is 0.727. The molecule has 2 heterocycles. The van der Waals surface area contributed by atoms with E-state index in [1.165, 1.54) is 23.5 Å². The van der Waals surface area contributed by atoms with Gasteiger partial charge in [-0.25, -0.2) is 4.98 Å². The van der Waals surface area contributed by atoms with Crippen molar-refractivity contribution >= 4 is 11.3 Å². The molecule has 2 rings (SSSR count). The lowest BCUT2D eigenvalue weighted by molar-refractivity contribution is 0.276. The maximum atomic E-state index is 5.80. The summed E-state index contributed by atoms with van der Waals surface area (Å²) in [6.45, 7) is 8.51. The highest BCUT2D eigenvalue weighted by Gasteiger charge is 2.32. The first-order valence-corrected chi connectivity index (χ1v) is 6.32. The van der Waals surface area contributed by atoms with Crippen LogP contribution in [0.15, 0.2) is 5.51 Å². The Bertz CT molecular complexity index is 336. The molecule has 1 aliphatic heterocycles. The van der Waals surface area contributed by atoms with Crippen molar-refractivity contribution in [3.63, 3.8) is 0 Å². The van der Waals surface area contributed by atoms with Crippen LogP contribution in [0.3, 0.4) is 0 Å². The van der Waals surface area contributed by atoms with Crippen molar-refractivity contribution in [3.05, 3.63) is 16.1 Å². The Morgan fingerprint density at radius 2 is 2.47 bits per heavy atom. The molecule has 1 atom stereocenters. The van der Waals surface area contributed by atoms with Crippen LogP contribution in [0.25, 0.3) is 0 Å². The van der Waals surface area contributed by atoms with Crippen molar-refractivity contribution in [2.45, 2.75) is 26.8 Å². The maximum absolute atomic E-state index is 5.80. The molecule has 0 aliphatic carbocycles. The topological polar surface area (TPSA) is 42.2 Å². The van der Waals surface area contributed by atoms with Gasteiger partial charge in [-0.15, -0.1) is 11.3 Å². The van der Waals surface area contributed by atoms with Crippen LogP contribution in [-0.4, -0.2) is 29.5 Å². The molecular weight excluding hydrogens is 206 g/mol. The molecule has 1 aromatic rings. The van der Waals surface area contributed by atoms with E-state index in [2.05, 4.69) is 23.7 Å². The molecule has 0 spiro atoms. The minimum atomic E-state index is 0.332. The van der Waals surface area contributed by atoms with Gasteiger partial charge in [0.1, 0.15) is 0 Å². The molecule has 0 saturated carbocycles. The minimum absolute atomic E-state index is 0.332. The number of hydrogen-bond donors (Lipinski definition) is 1. The number of rotatable bonds is 3. The monoisotopic (exact) mass is 225 g/mol. The summed E-state index contributed by atoms with van der Waals surface area (Å²) in [4.78, 5) is 8.18. The smallest absolute Gasteiger partial charge is 0.0798 e. The third kappa shape index (κ3) is 2.38. The van der Waals surface area contributed by atoms with Crippen LogP contribution < -0.4 is 5.73 Å². The first-order chi connectivity index (χ1) is 7.13. The van der Waals surface area contributed by atoms with Gasteiger partial charge in [-0.1, -0.05) is 6.92 Å². The number of nitrogens with two attached hydrogens (primary N) is 1. The molecule has 0 aromatic carbocycles. The fourth-order valence-electron chi connectivity index (χ4n) is 2.11. The molecule has 1 unspecified atom stereocenters. The number of hydrogen-bond acceptors (Lipinski definition) is 4. The summed E-state index contributed by atoms with van der Waals surface area (Å²) in [7, 11) is 0. The maximum Gasteiger partial charge on any atom is 0.0798 e. The second-order valence-corrected chi connectivity index (χ2v) is 5.78. The molecule has 0 amide bonds. The van der Waals surface area contributed by atoms with E-state index in [1.807, 2.05) is 5.51 Å². The Labute approximate surface area is 95.3 Å². The molecule has 4 heteroatoms. The van der Waals surface area contributed by atoms with Gasteiger partial charge >= 0.3 is 0 Å². The second-order valence-electron chi connectivity index (χ2n) is 4.84. The van der Waals surface area contributed by atoms with Gasteiger partial charge in [0.2, 0.25) is 0 Å². The van der Waals surface area contributed by atoms with Crippen molar-refractivity contribution < 1.29 is 0 Å². The van der Waals surface area contributed by atoms with Crippen molar-refractivity contribution in [2.24, 2.45) is 11.1 Å². The Kier molecular flexibility index (Phi) is 3.09. The molecule has 1 aliphatic rings. The number of thiazole rings is 1. The van der Waals surface area contributed by atoms with E-state index in [1.54, 1.807) is 11.3 Å². The molecule has 2 N–H and O–H groups in total. The predicted molar refractivity (Wildman–Crippen MR) is 63.9 cm³/mol. The van der Waals surface area contributed by atoms with Gasteiger partial charge in [-0.3, -0.25) is 4.90 Å². The first-order valence-electron chi connectivity index (χ1n) is 5.44. The molecular formula is C11H19N3S. The van der Waals surface area contributed by atoms with Gasteiger partial charge in [0, 0.05) is 18.0 Å². The summed E-state index contributed by atoms with van der Waals surface area (Å²) in [6, 6.07) is 0. The third-order valence-corrected chi connectivity index (χ3v) is 4.26. The normalized spacial score (nSPS) is 27.4. The van der Waals surface area contributed by atoms with Gasteiger partial charge in [-0.2, -0.15) is 0 Å². The SMILES string of the molecule is Cc1ncsc1CN1CCC(C)(CN)C1. The third-order valence-electron chi connectivity index (χ3n) is 3.34. The lowest BCUT2D eigenvalue weighted by Gasteiger charge is -2.22. The zero-order chi connectivity index (χ0) is 10.9. The zero-order valence-corrected chi connectivity index (χ0v) is 10.3. The summed E-state index contributed by atoms with van der Waals surface area (Å²) in [5, 5.41) is 0. The molecule has 1 saturated heterocycles. The summed E-state index contributed by atoms with van der Waals surface area (Å²) in [5.41, 5.74) is 9.24. The van der Waals surface area contributed by atoms with Gasteiger partial charge < -0.3 is 5.73 Å². The number of aryl methyl sites for hydroxylation is 1. The van der Waals surface area contributed by atoms with Crippen molar-refractivity contribution in [1.82, 2.24) is 9.88 Å². The number of aromatic nitrogens is 1. The average Bonchev–Trinajstić information content (AvgIpc) is 2.77. The minimum Gasteiger partial charge on any atom is -0.330 e. The van der Waals surface area contributed by atoms with Gasteiger partial charge in [0.15, 0.2) is 0 Å². The van der Waals surface area contributed by atoms with Gasteiger partial charge in [-0.05, 0) is 31.8 Å². The predicted octanol–water partition coefficient (Wildman–Crippen LogP) is 1.62. The summed E-state index contributed by atoms with van der Waals surface area (Å²) in [5.74, 6) is 0. The van der Waals surface area contributed by atoms with Crippen LogP contribution in [0.5, 0.6) is 0 Å². The average molecular weight is 225 g/mol. The number of likely N-dealkylation sites (tertiary alicyclic amines) is 1. The van der Waals surface area contributed by atoms with E-state index in [9.17, 15) is 0 Å². The van der Waals surface area contributed by atoms with Gasteiger partial charge in [0.05, 0.1) is 11.2 Å². The molecule has 0 bridgehead atoms. The Morgan fingerprint density at radius 1 is 1.67 bits per heavy atom. The zero-order valence-electron chi connectivity index (χ0n) is 9.49. The quantitative estimate of drug-likeness (QED) is 0.850. The molecule has 1 fully saturated rings. The van der Waals surface area contributed by atoms with Crippen LogP contribution in [0.1, 0.15) is 23.9 Å². The van der Waals surface area contributed by atoms with E-state index >= 15 is 0 Å². The number of nitrogens with zero attached hydrogens (tertiary/aromatic N) is 2. The van der Waals surface area contributed by atoms with E-state index in [-0.39, 0.29) is 0 Å². The molecule has 3 nitrogen and oxygen atoms in total. The standard InChI is InChI=1S/C11H19N3S/c1-9-10(15-8-13-9)5-14-4-3-11(2,6-12)7-14/h8H,3-7,12H2,1-2H3. The Balaban J connectivity index is 1.96. The van der Waals surface area contributed by atoms with Crippen molar-refractivity contribution in [2.75, 3.05) is 19.6 Å². The molecule has 0 radical (unpaired) electrons. The largest absolute Gasteiger partial charge is 0.330 e. The summed E-state index contributed by atoms with van der Waals surface area (Å²) < 4.78 is 0. The van der Waals surface area contributed by atoms with E-state index in [0.717, 1.165) is 19.6 Å². The Hall–Kier alpha value is -0.450. The summed E-state index contributed by atoms with van der Waals surface area (Å²) in [6.07, 6.45) is 1.22. The van der Waals surface area contributed by atoms with Crippen molar-refractivity contribution in [3.8, 4) is 0 Å². The van der Waals surface area contributed by atoms with Crippen molar-refractivity contribution in [1.29, 1.82) is 0 Å². The highest BCUT2D eigenvalue weighted by atomic mass is 32.1. The second kappa shape index (κ2) is 4.20. The van der Waals surface area contributed by atoms with Crippen LogP contribution in [0.2, 0.25) is 0 Å². The highest BCUT2D eigenvalue weighted by molar-refractivity contribution is 7.09. The first kappa shape index (κ1) is 11.0. The lowest BCUT2D eigenvalue weighted by Crippen LogP contribution is -2.31. The van der Waals surface area contributed by atoms with E-state index < -0.39 is 0 Å². The van der Waals surface area contributed by atoms with Crippen LogP contribution in [0, 0.1) is 12.3 Å². The van der Waals surface area contributed by atoms with Crippen LogP contribution in [0.4, 0.5) is 0 Å².